The van der Waals surface area contributed by atoms with Crippen molar-refractivity contribution in [2.45, 2.75) is 0 Å². The van der Waals surface area contributed by atoms with Crippen molar-refractivity contribution in [3.05, 3.63) is 63.1 Å². The first-order chi connectivity index (χ1) is 11.6. The zero-order chi connectivity index (χ0) is 17.1. The number of aromatic nitrogens is 3. The van der Waals surface area contributed by atoms with Crippen molar-refractivity contribution in [3.63, 3.8) is 0 Å². The fourth-order valence-electron chi connectivity index (χ4n) is 2.06. The molecule has 0 unspecified atom stereocenters. The lowest BCUT2D eigenvalue weighted by Crippen LogP contribution is -1.96. The molecule has 0 atom stereocenters. The Morgan fingerprint density at radius 3 is 2.75 bits per heavy atom. The van der Waals surface area contributed by atoms with Gasteiger partial charge >= 0.3 is 0 Å². The molecule has 0 aliphatic carbocycles. The van der Waals surface area contributed by atoms with Crippen LogP contribution in [0.25, 0.3) is 11.4 Å². The van der Waals surface area contributed by atoms with Gasteiger partial charge in [-0.2, -0.15) is 14.9 Å². The van der Waals surface area contributed by atoms with Crippen LogP contribution in [0, 0.1) is 10.6 Å². The van der Waals surface area contributed by atoms with Gasteiger partial charge in [-0.3, -0.25) is 0 Å². The van der Waals surface area contributed by atoms with E-state index in [9.17, 15) is 4.39 Å². The van der Waals surface area contributed by atoms with E-state index in [4.69, 9.17) is 17.0 Å². The molecule has 122 valence electrons. The van der Waals surface area contributed by atoms with Crippen molar-refractivity contribution in [1.82, 2.24) is 14.9 Å². The molecule has 1 heterocycles. The summed E-state index contributed by atoms with van der Waals surface area (Å²) in [6.07, 6.45) is 1.40. The lowest BCUT2D eigenvalue weighted by Gasteiger charge is -2.03. The number of aromatic amines is 1. The second kappa shape index (κ2) is 7.06. The Morgan fingerprint density at radius 1 is 1.29 bits per heavy atom. The van der Waals surface area contributed by atoms with Crippen LogP contribution in [0.3, 0.4) is 0 Å². The molecule has 3 aromatic rings. The number of nitrogens with zero attached hydrogens (tertiary/aromatic N) is 3. The lowest BCUT2D eigenvalue weighted by atomic mass is 10.2. The number of rotatable bonds is 4. The number of hydrogen-bond acceptors (Lipinski definition) is 4. The van der Waals surface area contributed by atoms with E-state index in [1.807, 2.05) is 24.3 Å². The number of ether oxygens (including phenoxy) is 1. The van der Waals surface area contributed by atoms with Gasteiger partial charge in [0.05, 0.1) is 13.3 Å². The Labute approximate surface area is 150 Å². The smallest absolute Gasteiger partial charge is 0.216 e. The van der Waals surface area contributed by atoms with Crippen LogP contribution >= 0.6 is 28.1 Å². The minimum atomic E-state index is -0.372. The van der Waals surface area contributed by atoms with Gasteiger partial charge in [-0.05, 0) is 54.7 Å². The van der Waals surface area contributed by atoms with Gasteiger partial charge in [-0.1, -0.05) is 15.9 Å². The number of nitrogens with one attached hydrogen (secondary N) is 1. The Kier molecular flexibility index (Phi) is 4.86. The van der Waals surface area contributed by atoms with Gasteiger partial charge in [-0.15, -0.1) is 0 Å². The maximum atomic E-state index is 13.8. The van der Waals surface area contributed by atoms with Crippen molar-refractivity contribution in [1.29, 1.82) is 0 Å². The lowest BCUT2D eigenvalue weighted by molar-refractivity contribution is 0.415. The molecule has 0 aliphatic heterocycles. The van der Waals surface area contributed by atoms with E-state index in [0.29, 0.717) is 16.2 Å². The summed E-state index contributed by atoms with van der Waals surface area (Å²) in [4.78, 5) is 0. The summed E-state index contributed by atoms with van der Waals surface area (Å²) in [7, 11) is 1.60. The second-order valence-electron chi connectivity index (χ2n) is 4.80. The standard InChI is InChI=1S/C16H12BrFN4OS/c1-23-13-5-2-10(3-6-13)15-20-21-16(24)22(15)19-9-11-8-12(17)4-7-14(11)18/h2-9H,1H3,(H,21,24). The van der Waals surface area contributed by atoms with Crippen molar-refractivity contribution in [3.8, 4) is 17.1 Å². The van der Waals surface area contributed by atoms with Gasteiger partial charge in [0.1, 0.15) is 11.6 Å². The third-order valence-electron chi connectivity index (χ3n) is 3.27. The predicted molar refractivity (Wildman–Crippen MR) is 96.5 cm³/mol. The highest BCUT2D eigenvalue weighted by atomic mass is 79.9. The average molecular weight is 407 g/mol. The van der Waals surface area contributed by atoms with E-state index >= 15 is 0 Å². The van der Waals surface area contributed by atoms with Gasteiger partial charge in [-0.25, -0.2) is 9.49 Å². The van der Waals surface area contributed by atoms with Crippen LogP contribution in [-0.4, -0.2) is 28.2 Å². The summed E-state index contributed by atoms with van der Waals surface area (Å²) in [5, 5.41) is 11.1. The van der Waals surface area contributed by atoms with Crippen molar-refractivity contribution >= 4 is 34.4 Å². The van der Waals surface area contributed by atoms with Crippen LogP contribution in [0.4, 0.5) is 4.39 Å². The number of halogens is 2. The average Bonchev–Trinajstić information content (AvgIpc) is 2.96. The van der Waals surface area contributed by atoms with Crippen LogP contribution in [0.5, 0.6) is 5.75 Å². The monoisotopic (exact) mass is 406 g/mol. The summed E-state index contributed by atoms with van der Waals surface area (Å²) in [5.41, 5.74) is 1.14. The van der Waals surface area contributed by atoms with Crippen LogP contribution < -0.4 is 4.74 Å². The molecule has 24 heavy (non-hydrogen) atoms. The molecular formula is C16H12BrFN4OS. The molecule has 0 aliphatic rings. The van der Waals surface area contributed by atoms with Crippen LogP contribution in [0.15, 0.2) is 52.0 Å². The van der Waals surface area contributed by atoms with E-state index in [1.165, 1.54) is 17.0 Å². The zero-order valence-corrected chi connectivity index (χ0v) is 14.9. The van der Waals surface area contributed by atoms with Gasteiger partial charge in [0, 0.05) is 15.6 Å². The fourth-order valence-corrected chi connectivity index (χ4v) is 2.62. The molecule has 0 saturated heterocycles. The van der Waals surface area contributed by atoms with Crippen LogP contribution in [-0.2, 0) is 0 Å². The van der Waals surface area contributed by atoms with Gasteiger partial charge in [0.25, 0.3) is 0 Å². The van der Waals surface area contributed by atoms with Crippen molar-refractivity contribution in [2.75, 3.05) is 7.11 Å². The third-order valence-corrected chi connectivity index (χ3v) is 4.03. The van der Waals surface area contributed by atoms with E-state index in [1.54, 1.807) is 19.2 Å². The first kappa shape index (κ1) is 16.5. The molecule has 0 spiro atoms. The molecule has 0 fully saturated rings. The van der Waals surface area contributed by atoms with Gasteiger partial charge in [0.2, 0.25) is 4.77 Å². The molecule has 8 heteroatoms. The SMILES string of the molecule is COc1ccc(-c2n[nH]c(=S)n2N=Cc2cc(Br)ccc2F)cc1. The van der Waals surface area contributed by atoms with Gasteiger partial charge in [0.15, 0.2) is 5.82 Å². The molecule has 1 aromatic heterocycles. The largest absolute Gasteiger partial charge is 0.497 e. The Balaban J connectivity index is 1.99. The molecule has 1 N–H and O–H groups in total. The maximum Gasteiger partial charge on any atom is 0.216 e. The Bertz CT molecular complexity index is 949. The Morgan fingerprint density at radius 2 is 2.04 bits per heavy atom. The summed E-state index contributed by atoms with van der Waals surface area (Å²) < 4.78 is 21.5. The van der Waals surface area contributed by atoms with Crippen LogP contribution in [0.1, 0.15) is 5.56 Å². The summed E-state index contributed by atoms with van der Waals surface area (Å²) in [6, 6.07) is 11.9. The molecule has 3 rings (SSSR count). The first-order valence-corrected chi connectivity index (χ1v) is 8.10. The normalized spacial score (nSPS) is 11.1. The molecule has 0 saturated carbocycles. The molecule has 2 aromatic carbocycles. The molecule has 0 radical (unpaired) electrons. The van der Waals surface area contributed by atoms with E-state index < -0.39 is 0 Å². The topological polar surface area (TPSA) is 55.2 Å². The molecular weight excluding hydrogens is 395 g/mol. The number of H-pyrrole nitrogens is 1. The highest BCUT2D eigenvalue weighted by Crippen LogP contribution is 2.21. The maximum absolute atomic E-state index is 13.8. The van der Waals surface area contributed by atoms with Crippen LogP contribution in [0.2, 0.25) is 0 Å². The number of benzene rings is 2. The molecule has 0 amide bonds. The second-order valence-corrected chi connectivity index (χ2v) is 6.11. The van der Waals surface area contributed by atoms with Crippen molar-refractivity contribution in [2.24, 2.45) is 5.10 Å². The highest BCUT2D eigenvalue weighted by molar-refractivity contribution is 9.10. The molecule has 0 bridgehead atoms. The summed E-state index contributed by atoms with van der Waals surface area (Å²) in [6.45, 7) is 0. The minimum Gasteiger partial charge on any atom is -0.497 e. The zero-order valence-electron chi connectivity index (χ0n) is 12.5. The fraction of sp³-hybridized carbons (Fsp3) is 0.0625. The minimum absolute atomic E-state index is 0.312. The van der Waals surface area contributed by atoms with E-state index in [2.05, 4.69) is 31.2 Å². The third kappa shape index (κ3) is 3.44. The van der Waals surface area contributed by atoms with Crippen molar-refractivity contribution < 1.29 is 9.13 Å². The highest BCUT2D eigenvalue weighted by Gasteiger charge is 2.08. The summed E-state index contributed by atoms with van der Waals surface area (Å²) in [5.74, 6) is 0.886. The van der Waals surface area contributed by atoms with E-state index in [-0.39, 0.29) is 5.82 Å². The predicted octanol–water partition coefficient (Wildman–Crippen LogP) is 4.40. The quantitative estimate of drug-likeness (QED) is 0.515. The number of hydrogen-bond donors (Lipinski definition) is 1. The first-order valence-electron chi connectivity index (χ1n) is 6.90. The Hall–Kier alpha value is -2.32. The van der Waals surface area contributed by atoms with Gasteiger partial charge < -0.3 is 4.74 Å². The molecule has 5 nitrogen and oxygen atoms in total. The summed E-state index contributed by atoms with van der Waals surface area (Å²) >= 11 is 8.51. The number of methoxy groups -OCH3 is 1. The van der Waals surface area contributed by atoms with E-state index in [0.717, 1.165) is 15.8 Å².